The van der Waals surface area contributed by atoms with Gasteiger partial charge in [-0.2, -0.15) is 4.98 Å². The van der Waals surface area contributed by atoms with Crippen molar-refractivity contribution >= 4 is 16.9 Å². The molecule has 1 fully saturated rings. The third-order valence-corrected chi connectivity index (χ3v) is 6.59. The van der Waals surface area contributed by atoms with Gasteiger partial charge in [-0.15, -0.1) is 0 Å². The van der Waals surface area contributed by atoms with Crippen LogP contribution < -0.4 is 16.0 Å². The Labute approximate surface area is 190 Å². The number of fused-ring (bicyclic) bond motifs is 3. The molecule has 5 rings (SSSR count). The highest BCUT2D eigenvalue weighted by Gasteiger charge is 2.23. The number of benzene rings is 1. The first-order chi connectivity index (χ1) is 15.9. The summed E-state index contributed by atoms with van der Waals surface area (Å²) in [4.78, 5) is 33.6. The second kappa shape index (κ2) is 8.20. The molecule has 3 aromatic heterocycles. The SMILES string of the molecule is COc1ccc(-n2c(C)c(C)n3c4c(=O)n(CCN5CCOCC5)c(=O)n(C)c4nc23)cc1. The molecule has 1 saturated heterocycles. The van der Waals surface area contributed by atoms with Gasteiger partial charge in [-0.05, 0) is 38.1 Å². The van der Waals surface area contributed by atoms with Gasteiger partial charge in [-0.3, -0.25) is 27.8 Å². The lowest BCUT2D eigenvalue weighted by molar-refractivity contribution is 0.0361. The highest BCUT2D eigenvalue weighted by Crippen LogP contribution is 2.25. The van der Waals surface area contributed by atoms with Crippen LogP contribution in [0.4, 0.5) is 0 Å². The molecular weight excluding hydrogens is 424 g/mol. The minimum absolute atomic E-state index is 0.316. The van der Waals surface area contributed by atoms with Gasteiger partial charge in [0, 0.05) is 50.3 Å². The largest absolute Gasteiger partial charge is 0.497 e. The molecule has 4 aromatic rings. The fraction of sp³-hybridized carbons (Fsp3) is 0.435. The summed E-state index contributed by atoms with van der Waals surface area (Å²) in [7, 11) is 3.30. The Morgan fingerprint density at radius 1 is 1.03 bits per heavy atom. The van der Waals surface area contributed by atoms with E-state index in [4.69, 9.17) is 14.5 Å². The van der Waals surface area contributed by atoms with E-state index in [0.29, 0.717) is 43.2 Å². The maximum absolute atomic E-state index is 13.6. The summed E-state index contributed by atoms with van der Waals surface area (Å²) in [6.07, 6.45) is 0. The number of hydrogen-bond acceptors (Lipinski definition) is 6. The number of methoxy groups -OCH3 is 1. The first kappa shape index (κ1) is 21.5. The summed E-state index contributed by atoms with van der Waals surface area (Å²) in [5.74, 6) is 1.36. The Hall–Kier alpha value is -3.37. The van der Waals surface area contributed by atoms with Gasteiger partial charge in [-0.1, -0.05) is 0 Å². The average Bonchev–Trinajstić information content (AvgIpc) is 3.33. The summed E-state index contributed by atoms with van der Waals surface area (Å²) >= 11 is 0. The Kier molecular flexibility index (Phi) is 5.34. The van der Waals surface area contributed by atoms with Gasteiger partial charge in [0.05, 0.1) is 20.3 Å². The molecule has 1 aliphatic heterocycles. The lowest BCUT2D eigenvalue weighted by Gasteiger charge is -2.26. The number of nitrogens with zero attached hydrogens (tertiary/aromatic N) is 6. The standard InChI is InChI=1S/C23H28N6O4/c1-15-16(2)29-19-20(24-22(29)28(15)17-5-7-18(32-4)8-6-17)25(3)23(31)27(21(19)30)10-9-26-11-13-33-14-12-26/h5-8H,9-14H2,1-4H3. The van der Waals surface area contributed by atoms with Crippen molar-refractivity contribution in [1.29, 1.82) is 0 Å². The molecule has 0 amide bonds. The normalized spacial score (nSPS) is 15.0. The second-order valence-corrected chi connectivity index (χ2v) is 8.38. The molecule has 1 aromatic carbocycles. The van der Waals surface area contributed by atoms with Gasteiger partial charge in [0.2, 0.25) is 5.78 Å². The number of imidazole rings is 2. The second-order valence-electron chi connectivity index (χ2n) is 8.38. The van der Waals surface area contributed by atoms with E-state index in [2.05, 4.69) is 4.90 Å². The summed E-state index contributed by atoms with van der Waals surface area (Å²) in [5, 5.41) is 0. The molecule has 1 aliphatic rings. The van der Waals surface area contributed by atoms with Gasteiger partial charge in [0.1, 0.15) is 5.75 Å². The van der Waals surface area contributed by atoms with Crippen molar-refractivity contribution in [1.82, 2.24) is 28.0 Å². The van der Waals surface area contributed by atoms with Crippen molar-refractivity contribution in [2.45, 2.75) is 20.4 Å². The van der Waals surface area contributed by atoms with Crippen molar-refractivity contribution in [2.24, 2.45) is 7.05 Å². The maximum Gasteiger partial charge on any atom is 0.332 e. The fourth-order valence-electron chi connectivity index (χ4n) is 4.55. The number of morpholine rings is 1. The summed E-state index contributed by atoms with van der Waals surface area (Å²) < 4.78 is 17.3. The maximum atomic E-state index is 13.6. The summed E-state index contributed by atoms with van der Waals surface area (Å²) in [6.45, 7) is 7.86. The first-order valence-electron chi connectivity index (χ1n) is 11.1. The molecule has 0 N–H and O–H groups in total. The zero-order valence-electron chi connectivity index (χ0n) is 19.4. The van der Waals surface area contributed by atoms with Crippen molar-refractivity contribution in [3.63, 3.8) is 0 Å². The van der Waals surface area contributed by atoms with Crippen molar-refractivity contribution in [2.75, 3.05) is 40.0 Å². The zero-order chi connectivity index (χ0) is 23.3. The first-order valence-corrected chi connectivity index (χ1v) is 11.1. The molecule has 0 radical (unpaired) electrons. The number of aromatic nitrogens is 5. The van der Waals surface area contributed by atoms with Gasteiger partial charge in [-0.25, -0.2) is 4.79 Å². The van der Waals surface area contributed by atoms with E-state index >= 15 is 0 Å². The Bertz CT molecular complexity index is 1450. The highest BCUT2D eigenvalue weighted by atomic mass is 16.5. The zero-order valence-corrected chi connectivity index (χ0v) is 19.4. The average molecular weight is 453 g/mol. The molecular formula is C23H28N6O4. The Morgan fingerprint density at radius 3 is 2.39 bits per heavy atom. The van der Waals surface area contributed by atoms with E-state index in [9.17, 15) is 9.59 Å². The van der Waals surface area contributed by atoms with Gasteiger partial charge in [0.25, 0.3) is 5.56 Å². The van der Waals surface area contributed by atoms with Crippen molar-refractivity contribution < 1.29 is 9.47 Å². The van der Waals surface area contributed by atoms with Crippen LogP contribution in [0.25, 0.3) is 22.6 Å². The molecule has 0 unspecified atom stereocenters. The van der Waals surface area contributed by atoms with E-state index in [-0.39, 0.29) is 11.2 Å². The van der Waals surface area contributed by atoms with Gasteiger partial charge in [0.15, 0.2) is 11.2 Å². The predicted octanol–water partition coefficient (Wildman–Crippen LogP) is 1.10. The molecule has 10 nitrogen and oxygen atoms in total. The molecule has 0 saturated carbocycles. The van der Waals surface area contributed by atoms with Crippen molar-refractivity contribution in [3.8, 4) is 11.4 Å². The number of hydrogen-bond donors (Lipinski definition) is 0. The van der Waals surface area contributed by atoms with E-state index in [0.717, 1.165) is 35.9 Å². The van der Waals surface area contributed by atoms with E-state index < -0.39 is 0 Å². The minimum Gasteiger partial charge on any atom is -0.497 e. The molecule has 0 bridgehead atoms. The number of rotatable bonds is 5. The lowest BCUT2D eigenvalue weighted by atomic mass is 10.3. The predicted molar refractivity (Wildman–Crippen MR) is 125 cm³/mol. The van der Waals surface area contributed by atoms with Crippen LogP contribution in [0.5, 0.6) is 5.75 Å². The lowest BCUT2D eigenvalue weighted by Crippen LogP contribution is -2.44. The van der Waals surface area contributed by atoms with Crippen LogP contribution in [0.2, 0.25) is 0 Å². The van der Waals surface area contributed by atoms with Gasteiger partial charge >= 0.3 is 5.69 Å². The van der Waals surface area contributed by atoms with Crippen LogP contribution in [-0.4, -0.2) is 67.9 Å². The van der Waals surface area contributed by atoms with Crippen LogP contribution in [0, 0.1) is 13.8 Å². The Morgan fingerprint density at radius 2 is 1.73 bits per heavy atom. The molecule has 10 heteroatoms. The molecule has 174 valence electrons. The highest BCUT2D eigenvalue weighted by molar-refractivity contribution is 5.77. The van der Waals surface area contributed by atoms with Crippen LogP contribution >= 0.6 is 0 Å². The smallest absolute Gasteiger partial charge is 0.332 e. The van der Waals surface area contributed by atoms with Crippen molar-refractivity contribution in [3.05, 3.63) is 56.5 Å². The third-order valence-electron chi connectivity index (χ3n) is 6.59. The summed E-state index contributed by atoms with van der Waals surface area (Å²) in [6, 6.07) is 7.67. The van der Waals surface area contributed by atoms with Crippen LogP contribution in [0.15, 0.2) is 33.9 Å². The monoisotopic (exact) mass is 452 g/mol. The number of ether oxygens (including phenoxy) is 2. The quantitative estimate of drug-likeness (QED) is 0.451. The van der Waals surface area contributed by atoms with Gasteiger partial charge < -0.3 is 9.47 Å². The molecule has 0 aliphatic carbocycles. The van der Waals surface area contributed by atoms with E-state index in [1.807, 2.05) is 47.1 Å². The molecule has 4 heterocycles. The van der Waals surface area contributed by atoms with E-state index in [1.54, 1.807) is 14.2 Å². The topological polar surface area (TPSA) is 87.9 Å². The molecule has 33 heavy (non-hydrogen) atoms. The molecule has 0 spiro atoms. The summed E-state index contributed by atoms with van der Waals surface area (Å²) in [5.41, 5.74) is 2.90. The van der Waals surface area contributed by atoms with Crippen LogP contribution in [-0.2, 0) is 18.3 Å². The fourth-order valence-corrected chi connectivity index (χ4v) is 4.55. The van der Waals surface area contributed by atoms with Crippen LogP contribution in [0.3, 0.4) is 0 Å². The van der Waals surface area contributed by atoms with E-state index in [1.165, 1.54) is 9.13 Å². The Balaban J connectivity index is 1.68. The number of aryl methyl sites for hydroxylation is 2. The van der Waals surface area contributed by atoms with Crippen LogP contribution in [0.1, 0.15) is 11.4 Å². The minimum atomic E-state index is -0.355. The molecule has 0 atom stereocenters. The third kappa shape index (κ3) is 3.37.